The molecule has 2 unspecified atom stereocenters. The highest BCUT2D eigenvalue weighted by molar-refractivity contribution is 5.90. The quantitative estimate of drug-likeness (QED) is 0.359. The first-order chi connectivity index (χ1) is 10.6. The number of ether oxygens (including phenoxy) is 1. The minimum Gasteiger partial charge on any atom is -0.468 e. The van der Waals surface area contributed by atoms with Crippen LogP contribution < -0.4 is 0 Å². The summed E-state index contributed by atoms with van der Waals surface area (Å²) >= 11 is 0. The van der Waals surface area contributed by atoms with Gasteiger partial charge in [0.15, 0.2) is 23.3 Å². The first kappa shape index (κ1) is 17.5. The van der Waals surface area contributed by atoms with Crippen molar-refractivity contribution >= 4 is 5.97 Å². The molecule has 1 saturated carbocycles. The number of esters is 1. The molecular formula is C17H18F4O2. The van der Waals surface area contributed by atoms with Crippen molar-refractivity contribution in [1.29, 1.82) is 0 Å². The van der Waals surface area contributed by atoms with Crippen molar-refractivity contribution in [3.63, 3.8) is 0 Å². The van der Waals surface area contributed by atoms with E-state index in [-0.39, 0.29) is 0 Å². The molecule has 6 heteroatoms. The molecule has 0 bridgehead atoms. The van der Waals surface area contributed by atoms with E-state index in [1.54, 1.807) is 32.9 Å². The van der Waals surface area contributed by atoms with Crippen molar-refractivity contribution in [3.8, 4) is 0 Å². The van der Waals surface area contributed by atoms with Gasteiger partial charge in [-0.2, -0.15) is 0 Å². The van der Waals surface area contributed by atoms with Gasteiger partial charge in [0.05, 0.1) is 7.11 Å². The number of allylic oxidation sites excluding steroid dienone is 2. The lowest BCUT2D eigenvalue weighted by molar-refractivity contribution is -0.145. The van der Waals surface area contributed by atoms with Crippen molar-refractivity contribution in [2.24, 2.45) is 11.3 Å². The number of carbonyl (C=O) groups excluding carboxylic acids is 1. The molecule has 2 rings (SSSR count). The van der Waals surface area contributed by atoms with Crippen LogP contribution in [-0.4, -0.2) is 13.1 Å². The van der Waals surface area contributed by atoms with Crippen LogP contribution in [0.3, 0.4) is 0 Å². The van der Waals surface area contributed by atoms with E-state index in [4.69, 9.17) is 4.74 Å². The molecule has 1 aliphatic rings. The second kappa shape index (κ2) is 5.35. The molecule has 0 aromatic heterocycles. The van der Waals surface area contributed by atoms with Crippen LogP contribution in [0.15, 0.2) is 12.2 Å². The van der Waals surface area contributed by atoms with Gasteiger partial charge in [-0.25, -0.2) is 17.6 Å². The summed E-state index contributed by atoms with van der Waals surface area (Å²) in [6.07, 6.45) is 3.21. The van der Waals surface area contributed by atoms with Crippen LogP contribution in [0, 0.1) is 41.5 Å². The van der Waals surface area contributed by atoms with Crippen molar-refractivity contribution in [1.82, 2.24) is 0 Å². The number of methoxy groups -OCH3 is 1. The highest BCUT2D eigenvalue weighted by atomic mass is 19.2. The van der Waals surface area contributed by atoms with E-state index in [1.807, 2.05) is 0 Å². The Labute approximate surface area is 132 Å². The maximum Gasteiger partial charge on any atom is 0.317 e. The van der Waals surface area contributed by atoms with Crippen LogP contribution in [0.4, 0.5) is 17.6 Å². The maximum absolute atomic E-state index is 14.5. The Morgan fingerprint density at radius 3 is 1.96 bits per heavy atom. The zero-order valence-corrected chi connectivity index (χ0v) is 13.6. The lowest BCUT2D eigenvalue weighted by Crippen LogP contribution is -2.31. The Morgan fingerprint density at radius 2 is 1.57 bits per heavy atom. The van der Waals surface area contributed by atoms with Crippen molar-refractivity contribution in [2.75, 3.05) is 7.11 Å². The zero-order chi connectivity index (χ0) is 17.7. The van der Waals surface area contributed by atoms with Gasteiger partial charge in [-0.15, -0.1) is 0 Å². The number of halogens is 4. The van der Waals surface area contributed by atoms with Gasteiger partial charge in [-0.05, 0) is 19.3 Å². The monoisotopic (exact) mass is 330 g/mol. The molecule has 0 radical (unpaired) electrons. The normalized spacial score (nSPS) is 25.7. The first-order valence-electron chi connectivity index (χ1n) is 7.14. The minimum absolute atomic E-state index is 0.641. The molecule has 126 valence electrons. The second-order valence-corrected chi connectivity index (χ2v) is 6.28. The molecule has 0 aliphatic heterocycles. The molecule has 2 nitrogen and oxygen atoms in total. The van der Waals surface area contributed by atoms with Gasteiger partial charge < -0.3 is 4.74 Å². The lowest BCUT2D eigenvalue weighted by atomic mass is 9.85. The molecular weight excluding hydrogens is 312 g/mol. The van der Waals surface area contributed by atoms with Crippen LogP contribution in [0.5, 0.6) is 0 Å². The standard InChI is InChI=1S/C17H18F4O2/c1-6-7-9-16(3,4)17(9,15(22)23-5)10-13(20)11(18)8(2)12(19)14(10)21/h6-7,9H,1-5H3. The van der Waals surface area contributed by atoms with Crippen LogP contribution in [-0.2, 0) is 14.9 Å². The Hall–Kier alpha value is -1.85. The Bertz CT molecular complexity index is 680. The highest BCUT2D eigenvalue weighted by Gasteiger charge is 2.77. The van der Waals surface area contributed by atoms with Gasteiger partial charge in [0.1, 0.15) is 5.41 Å². The maximum atomic E-state index is 14.5. The molecule has 1 aliphatic carbocycles. The summed E-state index contributed by atoms with van der Waals surface area (Å²) in [7, 11) is 1.07. The summed E-state index contributed by atoms with van der Waals surface area (Å²) < 4.78 is 61.6. The molecule has 0 amide bonds. The molecule has 1 aromatic carbocycles. The third-order valence-electron chi connectivity index (χ3n) is 4.95. The largest absolute Gasteiger partial charge is 0.468 e. The third-order valence-corrected chi connectivity index (χ3v) is 4.95. The van der Waals surface area contributed by atoms with Gasteiger partial charge in [-0.3, -0.25) is 4.79 Å². The lowest BCUT2D eigenvalue weighted by Gasteiger charge is -2.21. The van der Waals surface area contributed by atoms with E-state index < -0.39 is 57.1 Å². The molecule has 1 fully saturated rings. The van der Waals surface area contributed by atoms with E-state index in [2.05, 4.69) is 0 Å². The van der Waals surface area contributed by atoms with Crippen LogP contribution >= 0.6 is 0 Å². The average Bonchev–Trinajstić information content (AvgIpc) is 2.99. The van der Waals surface area contributed by atoms with E-state index >= 15 is 0 Å². The SMILES string of the molecule is CC=CC1C(C)(C)C1(C(=O)OC)c1c(F)c(F)c(C)c(F)c1F. The van der Waals surface area contributed by atoms with E-state index in [1.165, 1.54) is 0 Å². The fourth-order valence-corrected chi connectivity index (χ4v) is 3.60. The van der Waals surface area contributed by atoms with E-state index in [0.29, 0.717) is 0 Å². The van der Waals surface area contributed by atoms with Gasteiger partial charge >= 0.3 is 5.97 Å². The van der Waals surface area contributed by atoms with Gasteiger partial charge in [0, 0.05) is 17.0 Å². The summed E-state index contributed by atoms with van der Waals surface area (Å²) in [5.74, 6) is -7.66. The molecule has 23 heavy (non-hydrogen) atoms. The fourth-order valence-electron chi connectivity index (χ4n) is 3.60. The van der Waals surface area contributed by atoms with Gasteiger partial charge in [0.2, 0.25) is 0 Å². The summed E-state index contributed by atoms with van der Waals surface area (Å²) in [4.78, 5) is 12.4. The topological polar surface area (TPSA) is 26.3 Å². The predicted molar refractivity (Wildman–Crippen MR) is 76.8 cm³/mol. The summed E-state index contributed by atoms with van der Waals surface area (Å²) in [5, 5.41) is 0. The van der Waals surface area contributed by atoms with Crippen LogP contribution in [0.1, 0.15) is 31.9 Å². The van der Waals surface area contributed by atoms with Crippen LogP contribution in [0.25, 0.3) is 0 Å². The molecule has 1 aromatic rings. The first-order valence-corrected chi connectivity index (χ1v) is 7.14. The Morgan fingerprint density at radius 1 is 1.09 bits per heavy atom. The Kier molecular flexibility index (Phi) is 4.07. The number of rotatable bonds is 3. The number of hydrogen-bond acceptors (Lipinski definition) is 2. The molecule has 0 spiro atoms. The zero-order valence-electron chi connectivity index (χ0n) is 13.6. The fraction of sp³-hybridized carbons (Fsp3) is 0.471. The second-order valence-electron chi connectivity index (χ2n) is 6.28. The predicted octanol–water partition coefficient (Wildman–Crippen LogP) is 4.19. The van der Waals surface area contributed by atoms with Gasteiger partial charge in [-0.1, -0.05) is 26.0 Å². The summed E-state index contributed by atoms with van der Waals surface area (Å²) in [6.45, 7) is 5.82. The number of carbonyl (C=O) groups is 1. The third kappa shape index (κ3) is 1.96. The summed E-state index contributed by atoms with van der Waals surface area (Å²) in [5.41, 5.74) is -4.43. The number of benzene rings is 1. The molecule has 0 heterocycles. The van der Waals surface area contributed by atoms with Crippen molar-refractivity contribution in [3.05, 3.63) is 46.5 Å². The van der Waals surface area contributed by atoms with Crippen molar-refractivity contribution < 1.29 is 27.1 Å². The van der Waals surface area contributed by atoms with E-state index in [9.17, 15) is 22.4 Å². The van der Waals surface area contributed by atoms with Crippen LogP contribution in [0.2, 0.25) is 0 Å². The smallest absolute Gasteiger partial charge is 0.317 e. The average molecular weight is 330 g/mol. The minimum atomic E-state index is -1.81. The highest BCUT2D eigenvalue weighted by Crippen LogP contribution is 2.71. The van der Waals surface area contributed by atoms with Gasteiger partial charge in [0.25, 0.3) is 0 Å². The van der Waals surface area contributed by atoms with Crippen molar-refractivity contribution in [2.45, 2.75) is 33.1 Å². The molecule has 2 atom stereocenters. The molecule has 0 N–H and O–H groups in total. The number of hydrogen-bond donors (Lipinski definition) is 0. The van der Waals surface area contributed by atoms with E-state index in [0.717, 1.165) is 14.0 Å². The summed E-state index contributed by atoms with van der Waals surface area (Å²) in [6, 6.07) is 0. The Balaban J connectivity index is 2.88. The molecule has 0 saturated heterocycles.